The molecule has 0 radical (unpaired) electrons. The molecule has 0 atom stereocenters. The lowest BCUT2D eigenvalue weighted by atomic mass is 10.1. The highest BCUT2D eigenvalue weighted by Crippen LogP contribution is 2.33. The standard InChI is InChI=1S/C26H26N2O2S/c1-20-14-15-26-23(17-20)24-19-27(31(29,30)22-11-6-3-7-12-22)16-8-13-25(24)28(26)18-21-9-4-2-5-10-21/h2-7,9-12,14-15,17H,8,13,16,18-19H2,1H3. The lowest BCUT2D eigenvalue weighted by molar-refractivity contribution is 0.411. The van der Waals surface area contributed by atoms with Crippen LogP contribution in [-0.2, 0) is 29.5 Å². The molecule has 0 amide bonds. The number of fused-ring (bicyclic) bond motifs is 3. The van der Waals surface area contributed by atoms with Crippen LogP contribution in [0.1, 0.15) is 28.8 Å². The van der Waals surface area contributed by atoms with Gasteiger partial charge in [0.05, 0.1) is 4.90 Å². The number of aryl methyl sites for hydroxylation is 1. The summed E-state index contributed by atoms with van der Waals surface area (Å²) in [6.07, 6.45) is 1.68. The Morgan fingerprint density at radius 2 is 1.61 bits per heavy atom. The molecule has 1 aliphatic heterocycles. The predicted molar refractivity (Wildman–Crippen MR) is 125 cm³/mol. The summed E-state index contributed by atoms with van der Waals surface area (Å²) in [5.41, 5.74) is 6.02. The van der Waals surface area contributed by atoms with Crippen molar-refractivity contribution in [1.29, 1.82) is 0 Å². The molecule has 4 aromatic rings. The number of rotatable bonds is 4. The molecule has 2 heterocycles. The lowest BCUT2D eigenvalue weighted by Crippen LogP contribution is -2.30. The molecule has 0 fully saturated rings. The third-order valence-corrected chi connectivity index (χ3v) is 8.02. The van der Waals surface area contributed by atoms with Crippen molar-refractivity contribution in [2.45, 2.75) is 37.8 Å². The highest BCUT2D eigenvalue weighted by atomic mass is 32.2. The first-order valence-electron chi connectivity index (χ1n) is 10.7. The molecule has 158 valence electrons. The fraction of sp³-hybridized carbons (Fsp3) is 0.231. The van der Waals surface area contributed by atoms with E-state index in [4.69, 9.17) is 0 Å². The number of benzene rings is 3. The van der Waals surface area contributed by atoms with Gasteiger partial charge < -0.3 is 4.57 Å². The van der Waals surface area contributed by atoms with Crippen molar-refractivity contribution in [2.24, 2.45) is 0 Å². The van der Waals surface area contributed by atoms with Crippen LogP contribution < -0.4 is 0 Å². The van der Waals surface area contributed by atoms with Crippen LogP contribution in [0.25, 0.3) is 10.9 Å². The van der Waals surface area contributed by atoms with Crippen molar-refractivity contribution in [3.05, 3.63) is 101 Å². The van der Waals surface area contributed by atoms with Gasteiger partial charge in [-0.05, 0) is 55.2 Å². The second kappa shape index (κ2) is 7.98. The molecule has 0 saturated carbocycles. The smallest absolute Gasteiger partial charge is 0.243 e. The number of sulfonamides is 1. The zero-order chi connectivity index (χ0) is 21.4. The van der Waals surface area contributed by atoms with Gasteiger partial charge in [-0.25, -0.2) is 8.42 Å². The Labute approximate surface area is 183 Å². The van der Waals surface area contributed by atoms with Crippen molar-refractivity contribution in [3.63, 3.8) is 0 Å². The van der Waals surface area contributed by atoms with E-state index in [0.29, 0.717) is 18.0 Å². The first-order valence-corrected chi connectivity index (χ1v) is 12.2. The van der Waals surface area contributed by atoms with Crippen molar-refractivity contribution < 1.29 is 8.42 Å². The van der Waals surface area contributed by atoms with Gasteiger partial charge in [-0.1, -0.05) is 60.2 Å². The van der Waals surface area contributed by atoms with E-state index in [-0.39, 0.29) is 0 Å². The number of hydrogen-bond acceptors (Lipinski definition) is 2. The monoisotopic (exact) mass is 430 g/mol. The molecule has 0 spiro atoms. The Morgan fingerprint density at radius 1 is 0.903 bits per heavy atom. The summed E-state index contributed by atoms with van der Waals surface area (Å²) in [6.45, 7) is 3.83. The molecular weight excluding hydrogens is 404 g/mol. The van der Waals surface area contributed by atoms with Crippen LogP contribution in [0.15, 0.2) is 83.8 Å². The first-order chi connectivity index (χ1) is 15.0. The molecule has 0 bridgehead atoms. The van der Waals surface area contributed by atoms with Crippen LogP contribution >= 0.6 is 0 Å². The second-order valence-corrected chi connectivity index (χ2v) is 10.2. The molecule has 5 rings (SSSR count). The van der Waals surface area contributed by atoms with E-state index in [9.17, 15) is 8.42 Å². The molecule has 4 nitrogen and oxygen atoms in total. The third kappa shape index (κ3) is 3.68. The van der Waals surface area contributed by atoms with Gasteiger partial charge in [-0.2, -0.15) is 4.31 Å². The van der Waals surface area contributed by atoms with Gasteiger partial charge in [-0.15, -0.1) is 0 Å². The summed E-state index contributed by atoms with van der Waals surface area (Å²) in [5.74, 6) is 0. The quantitative estimate of drug-likeness (QED) is 0.450. The fourth-order valence-corrected chi connectivity index (χ4v) is 6.09. The van der Waals surface area contributed by atoms with Crippen molar-refractivity contribution in [1.82, 2.24) is 8.87 Å². The Balaban J connectivity index is 1.62. The lowest BCUT2D eigenvalue weighted by Gasteiger charge is -2.20. The maximum atomic E-state index is 13.4. The minimum absolute atomic E-state index is 0.364. The summed E-state index contributed by atoms with van der Waals surface area (Å²) in [5, 5.41) is 1.17. The zero-order valence-electron chi connectivity index (χ0n) is 17.7. The largest absolute Gasteiger partial charge is 0.340 e. The fourth-order valence-electron chi connectivity index (χ4n) is 4.62. The minimum atomic E-state index is -3.53. The number of aromatic nitrogens is 1. The topological polar surface area (TPSA) is 42.3 Å². The minimum Gasteiger partial charge on any atom is -0.340 e. The highest BCUT2D eigenvalue weighted by Gasteiger charge is 2.30. The predicted octanol–water partition coefficient (Wildman–Crippen LogP) is 5.14. The third-order valence-electron chi connectivity index (χ3n) is 6.16. The Hall–Kier alpha value is -2.89. The summed E-state index contributed by atoms with van der Waals surface area (Å²) in [4.78, 5) is 0.364. The van der Waals surface area contributed by atoms with E-state index in [0.717, 1.165) is 24.9 Å². The molecule has 5 heteroatoms. The summed E-state index contributed by atoms with van der Waals surface area (Å²) in [7, 11) is -3.53. The van der Waals surface area contributed by atoms with Gasteiger partial charge in [0, 0.05) is 36.2 Å². The van der Waals surface area contributed by atoms with Gasteiger partial charge in [0.25, 0.3) is 0 Å². The maximum Gasteiger partial charge on any atom is 0.243 e. The van der Waals surface area contributed by atoms with E-state index in [1.165, 1.54) is 27.7 Å². The molecule has 0 saturated heterocycles. The Bertz CT molecular complexity index is 1330. The summed E-state index contributed by atoms with van der Waals surface area (Å²) >= 11 is 0. The van der Waals surface area contributed by atoms with Gasteiger partial charge in [0.1, 0.15) is 0 Å². The van der Waals surface area contributed by atoms with Crippen LogP contribution in [0.3, 0.4) is 0 Å². The van der Waals surface area contributed by atoms with Crippen LogP contribution in [0.2, 0.25) is 0 Å². The van der Waals surface area contributed by atoms with Gasteiger partial charge >= 0.3 is 0 Å². The average molecular weight is 431 g/mol. The molecule has 1 aromatic heterocycles. The van der Waals surface area contributed by atoms with Gasteiger partial charge in [-0.3, -0.25) is 0 Å². The Morgan fingerprint density at radius 3 is 2.35 bits per heavy atom. The van der Waals surface area contributed by atoms with Gasteiger partial charge in [0.2, 0.25) is 10.0 Å². The number of hydrogen-bond donors (Lipinski definition) is 0. The molecular formula is C26H26N2O2S. The van der Waals surface area contributed by atoms with Crippen LogP contribution in [0.5, 0.6) is 0 Å². The van der Waals surface area contributed by atoms with E-state index >= 15 is 0 Å². The summed E-state index contributed by atoms with van der Waals surface area (Å²) in [6, 6.07) is 25.8. The van der Waals surface area contributed by atoms with Crippen LogP contribution in [-0.4, -0.2) is 23.8 Å². The second-order valence-electron chi connectivity index (χ2n) is 8.27. The zero-order valence-corrected chi connectivity index (χ0v) is 18.5. The maximum absolute atomic E-state index is 13.4. The molecule has 1 aliphatic rings. The molecule has 0 unspecified atom stereocenters. The van der Waals surface area contributed by atoms with Crippen molar-refractivity contribution in [2.75, 3.05) is 6.54 Å². The molecule has 31 heavy (non-hydrogen) atoms. The molecule has 0 aliphatic carbocycles. The number of nitrogens with zero attached hydrogens (tertiary/aromatic N) is 2. The van der Waals surface area contributed by atoms with E-state index < -0.39 is 10.0 Å². The van der Waals surface area contributed by atoms with Crippen LogP contribution in [0, 0.1) is 6.92 Å². The first kappa shape index (κ1) is 20.0. The van der Waals surface area contributed by atoms with E-state index in [2.05, 4.69) is 54.0 Å². The van der Waals surface area contributed by atoms with Gasteiger partial charge in [0.15, 0.2) is 0 Å². The van der Waals surface area contributed by atoms with Crippen LogP contribution in [0.4, 0.5) is 0 Å². The van der Waals surface area contributed by atoms with E-state index in [1.54, 1.807) is 28.6 Å². The van der Waals surface area contributed by atoms with Crippen molar-refractivity contribution in [3.8, 4) is 0 Å². The Kier molecular flexibility index (Phi) is 5.16. The SMILES string of the molecule is Cc1ccc2c(c1)c1c(n2Cc2ccccc2)CCCN(S(=O)(=O)c2ccccc2)C1. The normalized spacial score (nSPS) is 15.0. The average Bonchev–Trinajstić information content (AvgIpc) is 2.93. The summed E-state index contributed by atoms with van der Waals surface area (Å²) < 4.78 is 30.8. The highest BCUT2D eigenvalue weighted by molar-refractivity contribution is 7.89. The van der Waals surface area contributed by atoms with E-state index in [1.807, 2.05) is 12.1 Å². The van der Waals surface area contributed by atoms with Crippen molar-refractivity contribution >= 4 is 20.9 Å². The molecule has 0 N–H and O–H groups in total. The molecule has 3 aromatic carbocycles.